The highest BCUT2D eigenvalue weighted by atomic mass is 16.1. The maximum atomic E-state index is 13.1. The molecule has 3 aromatic carbocycles. The summed E-state index contributed by atoms with van der Waals surface area (Å²) in [5.74, 6) is -0.169. The summed E-state index contributed by atoms with van der Waals surface area (Å²) in [4.78, 5) is 20.5. The number of H-pyrrole nitrogens is 1. The number of imidazole rings is 1. The van der Waals surface area contributed by atoms with Crippen LogP contribution in [0.15, 0.2) is 97.6 Å². The monoisotopic (exact) mass is 407 g/mol. The Morgan fingerprint density at radius 1 is 0.968 bits per heavy atom. The van der Waals surface area contributed by atoms with Gasteiger partial charge < -0.3 is 10.3 Å². The quantitative estimate of drug-likeness (QED) is 0.440. The van der Waals surface area contributed by atoms with Gasteiger partial charge in [-0.1, -0.05) is 66.7 Å². The first-order valence-electron chi connectivity index (χ1n) is 10.1. The van der Waals surface area contributed by atoms with E-state index in [4.69, 9.17) is 0 Å². The highest BCUT2D eigenvalue weighted by molar-refractivity contribution is 5.94. The molecule has 5 rings (SSSR count). The van der Waals surface area contributed by atoms with Gasteiger partial charge in [-0.2, -0.15) is 5.10 Å². The lowest BCUT2D eigenvalue weighted by molar-refractivity contribution is 0.0943. The second-order valence-electron chi connectivity index (χ2n) is 7.41. The minimum atomic E-state index is -0.293. The number of nitrogens with one attached hydrogen (secondary N) is 2. The predicted octanol–water partition coefficient (Wildman–Crippen LogP) is 4.33. The van der Waals surface area contributed by atoms with E-state index >= 15 is 0 Å². The molecule has 6 heteroatoms. The molecule has 0 saturated carbocycles. The standard InChI is InChI=1S/C25H21N5O/c31-25(21-14-28-30(16-21)15-18-7-3-1-4-8-18)29-24(19-9-5-2-6-10-19)20-11-12-22-23(13-20)27-17-26-22/h1-14,16-17,24H,15H2,(H,26,27)(H,29,31). The molecule has 1 amide bonds. The third-order valence-electron chi connectivity index (χ3n) is 5.27. The molecule has 2 aromatic heterocycles. The summed E-state index contributed by atoms with van der Waals surface area (Å²) in [6, 6.07) is 25.7. The second-order valence-corrected chi connectivity index (χ2v) is 7.41. The topological polar surface area (TPSA) is 75.6 Å². The molecule has 0 radical (unpaired) electrons. The molecule has 1 atom stereocenters. The lowest BCUT2D eigenvalue weighted by Gasteiger charge is -2.19. The molecule has 1 unspecified atom stereocenters. The maximum Gasteiger partial charge on any atom is 0.255 e. The van der Waals surface area contributed by atoms with Gasteiger partial charge in [0.2, 0.25) is 0 Å². The van der Waals surface area contributed by atoms with Crippen molar-refractivity contribution in [3.05, 3.63) is 120 Å². The van der Waals surface area contributed by atoms with E-state index in [1.807, 2.05) is 78.9 Å². The molecule has 6 nitrogen and oxygen atoms in total. The smallest absolute Gasteiger partial charge is 0.255 e. The van der Waals surface area contributed by atoms with E-state index in [-0.39, 0.29) is 11.9 Å². The van der Waals surface area contributed by atoms with E-state index < -0.39 is 0 Å². The first-order chi connectivity index (χ1) is 15.3. The molecular weight excluding hydrogens is 386 g/mol. The summed E-state index contributed by atoms with van der Waals surface area (Å²) < 4.78 is 1.78. The molecule has 0 aliphatic heterocycles. The van der Waals surface area contributed by atoms with Crippen LogP contribution < -0.4 is 5.32 Å². The van der Waals surface area contributed by atoms with Crippen molar-refractivity contribution >= 4 is 16.9 Å². The summed E-state index contributed by atoms with van der Waals surface area (Å²) in [5.41, 5.74) is 5.47. The number of hydrogen-bond acceptors (Lipinski definition) is 3. The van der Waals surface area contributed by atoms with Crippen molar-refractivity contribution in [2.75, 3.05) is 0 Å². The van der Waals surface area contributed by atoms with Crippen molar-refractivity contribution in [2.45, 2.75) is 12.6 Å². The van der Waals surface area contributed by atoms with E-state index in [2.05, 4.69) is 20.4 Å². The number of rotatable bonds is 6. The molecule has 0 bridgehead atoms. The van der Waals surface area contributed by atoms with Gasteiger partial charge in [-0.05, 0) is 28.8 Å². The van der Waals surface area contributed by atoms with Gasteiger partial charge in [-0.3, -0.25) is 9.48 Å². The van der Waals surface area contributed by atoms with E-state index in [1.165, 1.54) is 0 Å². The van der Waals surface area contributed by atoms with Crippen molar-refractivity contribution < 1.29 is 4.79 Å². The fourth-order valence-electron chi connectivity index (χ4n) is 3.69. The lowest BCUT2D eigenvalue weighted by atomic mass is 9.98. The van der Waals surface area contributed by atoms with Crippen molar-refractivity contribution in [3.8, 4) is 0 Å². The zero-order chi connectivity index (χ0) is 21.0. The van der Waals surface area contributed by atoms with Crippen LogP contribution in [0.1, 0.15) is 33.1 Å². The van der Waals surface area contributed by atoms with Crippen molar-refractivity contribution in [1.29, 1.82) is 0 Å². The van der Waals surface area contributed by atoms with E-state index in [9.17, 15) is 4.79 Å². The molecule has 5 aromatic rings. The normalized spacial score (nSPS) is 12.0. The number of aromatic nitrogens is 4. The van der Waals surface area contributed by atoms with Crippen LogP contribution in [0.25, 0.3) is 11.0 Å². The van der Waals surface area contributed by atoms with Gasteiger partial charge in [0.05, 0.1) is 41.7 Å². The van der Waals surface area contributed by atoms with Gasteiger partial charge in [-0.15, -0.1) is 0 Å². The average molecular weight is 407 g/mol. The Balaban J connectivity index is 1.41. The minimum absolute atomic E-state index is 0.169. The maximum absolute atomic E-state index is 13.1. The third kappa shape index (κ3) is 4.09. The van der Waals surface area contributed by atoms with Crippen LogP contribution in [-0.4, -0.2) is 25.7 Å². The van der Waals surface area contributed by atoms with Crippen LogP contribution in [-0.2, 0) is 6.54 Å². The zero-order valence-electron chi connectivity index (χ0n) is 16.8. The van der Waals surface area contributed by atoms with Crippen molar-refractivity contribution in [1.82, 2.24) is 25.1 Å². The summed E-state index contributed by atoms with van der Waals surface area (Å²) in [6.07, 6.45) is 5.06. The van der Waals surface area contributed by atoms with Crippen LogP contribution in [0.5, 0.6) is 0 Å². The van der Waals surface area contributed by atoms with E-state index in [1.54, 1.807) is 23.4 Å². The third-order valence-corrected chi connectivity index (χ3v) is 5.27. The number of nitrogens with zero attached hydrogens (tertiary/aromatic N) is 3. The van der Waals surface area contributed by atoms with Crippen LogP contribution in [0, 0.1) is 0 Å². The fourth-order valence-corrected chi connectivity index (χ4v) is 3.69. The van der Waals surface area contributed by atoms with Crippen molar-refractivity contribution in [2.24, 2.45) is 0 Å². The van der Waals surface area contributed by atoms with Crippen molar-refractivity contribution in [3.63, 3.8) is 0 Å². The van der Waals surface area contributed by atoms with Gasteiger partial charge in [0.15, 0.2) is 0 Å². The minimum Gasteiger partial charge on any atom is -0.345 e. The summed E-state index contributed by atoms with van der Waals surface area (Å²) in [6.45, 7) is 0.618. The molecule has 31 heavy (non-hydrogen) atoms. The Kier molecular flexibility index (Phi) is 5.02. The molecular formula is C25H21N5O. The van der Waals surface area contributed by atoms with Gasteiger partial charge in [0, 0.05) is 6.20 Å². The zero-order valence-corrected chi connectivity index (χ0v) is 16.8. The van der Waals surface area contributed by atoms with Crippen LogP contribution in [0.2, 0.25) is 0 Å². The summed E-state index contributed by atoms with van der Waals surface area (Å²) >= 11 is 0. The molecule has 0 fully saturated rings. The number of benzene rings is 3. The summed E-state index contributed by atoms with van der Waals surface area (Å²) in [7, 11) is 0. The fraction of sp³-hybridized carbons (Fsp3) is 0.0800. The van der Waals surface area contributed by atoms with Gasteiger partial charge in [-0.25, -0.2) is 4.98 Å². The van der Waals surface area contributed by atoms with E-state index in [0.29, 0.717) is 12.1 Å². The predicted molar refractivity (Wildman–Crippen MR) is 120 cm³/mol. The Bertz CT molecular complexity index is 1310. The molecule has 2 heterocycles. The number of amides is 1. The number of fused-ring (bicyclic) bond motifs is 1. The molecule has 152 valence electrons. The van der Waals surface area contributed by atoms with Crippen LogP contribution >= 0.6 is 0 Å². The second kappa shape index (κ2) is 8.28. The van der Waals surface area contributed by atoms with Crippen LogP contribution in [0.3, 0.4) is 0 Å². The Labute approximate surface area is 179 Å². The largest absolute Gasteiger partial charge is 0.345 e. The van der Waals surface area contributed by atoms with Gasteiger partial charge in [0.1, 0.15) is 0 Å². The van der Waals surface area contributed by atoms with Gasteiger partial charge >= 0.3 is 0 Å². The Morgan fingerprint density at radius 3 is 2.55 bits per heavy atom. The SMILES string of the molecule is O=C(NC(c1ccccc1)c1ccc2nc[nH]c2c1)c1cnn(Cc2ccccc2)c1. The van der Waals surface area contributed by atoms with E-state index in [0.717, 1.165) is 27.7 Å². The molecule has 0 aliphatic carbocycles. The Morgan fingerprint density at radius 2 is 1.74 bits per heavy atom. The first kappa shape index (κ1) is 18.8. The number of carbonyl (C=O) groups excluding carboxylic acids is 1. The summed E-state index contributed by atoms with van der Waals surface area (Å²) in [5, 5.41) is 7.54. The number of aromatic amines is 1. The molecule has 2 N–H and O–H groups in total. The molecule has 0 saturated heterocycles. The first-order valence-corrected chi connectivity index (χ1v) is 10.1. The Hall–Kier alpha value is -4.19. The number of carbonyl (C=O) groups is 1. The molecule has 0 aliphatic rings. The van der Waals surface area contributed by atoms with Gasteiger partial charge in [0.25, 0.3) is 5.91 Å². The highest BCUT2D eigenvalue weighted by Crippen LogP contribution is 2.25. The lowest BCUT2D eigenvalue weighted by Crippen LogP contribution is -2.29. The number of hydrogen-bond donors (Lipinski definition) is 2. The highest BCUT2D eigenvalue weighted by Gasteiger charge is 2.19. The molecule has 0 spiro atoms. The average Bonchev–Trinajstić information content (AvgIpc) is 3.48. The van der Waals surface area contributed by atoms with Crippen LogP contribution in [0.4, 0.5) is 0 Å².